The molecule has 0 saturated heterocycles. The minimum atomic E-state index is 0.433. The first-order valence-corrected chi connectivity index (χ1v) is 3.62. The summed E-state index contributed by atoms with van der Waals surface area (Å²) < 4.78 is 4.78. The molecule has 0 aliphatic carbocycles. The standard InChI is InChI=1S/C9H11NO2/c1-10(2)8-5-3-4-6-9(8)12-7-11/h3-7H,1-2H3. The van der Waals surface area contributed by atoms with E-state index in [0.29, 0.717) is 12.2 Å². The highest BCUT2D eigenvalue weighted by Crippen LogP contribution is 2.25. The van der Waals surface area contributed by atoms with Gasteiger partial charge >= 0.3 is 0 Å². The summed E-state index contributed by atoms with van der Waals surface area (Å²) >= 11 is 0. The second kappa shape index (κ2) is 3.76. The van der Waals surface area contributed by atoms with Gasteiger partial charge in [0.25, 0.3) is 6.47 Å². The molecule has 1 aromatic rings. The van der Waals surface area contributed by atoms with Crippen LogP contribution in [-0.4, -0.2) is 20.6 Å². The number of para-hydroxylation sites is 2. The number of rotatable bonds is 3. The van der Waals surface area contributed by atoms with Crippen LogP contribution in [0, 0.1) is 0 Å². The molecular formula is C9H11NO2. The number of anilines is 1. The van der Waals surface area contributed by atoms with Crippen LogP contribution in [0.25, 0.3) is 0 Å². The second-order valence-corrected chi connectivity index (χ2v) is 2.58. The zero-order chi connectivity index (χ0) is 8.97. The molecule has 0 aliphatic heterocycles. The number of hydrogen-bond acceptors (Lipinski definition) is 3. The van der Waals surface area contributed by atoms with Crippen molar-refractivity contribution in [1.29, 1.82) is 0 Å². The molecule has 0 bridgehead atoms. The van der Waals surface area contributed by atoms with Crippen LogP contribution in [0.3, 0.4) is 0 Å². The number of carbonyl (C=O) groups excluding carboxylic acids is 1. The van der Waals surface area contributed by atoms with E-state index in [1.54, 1.807) is 6.07 Å². The Morgan fingerprint density at radius 2 is 2.00 bits per heavy atom. The normalized spacial score (nSPS) is 9.17. The average Bonchev–Trinajstić information content (AvgIpc) is 2.05. The molecule has 0 saturated carbocycles. The van der Waals surface area contributed by atoms with Crippen LogP contribution in [0.15, 0.2) is 24.3 Å². The van der Waals surface area contributed by atoms with E-state index in [1.807, 2.05) is 37.2 Å². The molecule has 0 N–H and O–H groups in total. The van der Waals surface area contributed by atoms with Crippen LogP contribution in [-0.2, 0) is 4.79 Å². The number of hydrogen-bond donors (Lipinski definition) is 0. The third kappa shape index (κ3) is 1.75. The topological polar surface area (TPSA) is 29.5 Å². The summed E-state index contributed by atoms with van der Waals surface area (Å²) in [6.45, 7) is 0.433. The van der Waals surface area contributed by atoms with Gasteiger partial charge in [0.2, 0.25) is 0 Å². The summed E-state index contributed by atoms with van der Waals surface area (Å²) in [6.07, 6.45) is 0. The van der Waals surface area contributed by atoms with E-state index >= 15 is 0 Å². The zero-order valence-electron chi connectivity index (χ0n) is 7.15. The molecule has 0 radical (unpaired) electrons. The van der Waals surface area contributed by atoms with Gasteiger partial charge in [0.15, 0.2) is 5.75 Å². The first kappa shape index (κ1) is 8.59. The minimum Gasteiger partial charge on any atom is -0.427 e. The molecule has 0 fully saturated rings. The Labute approximate surface area is 71.6 Å². The summed E-state index contributed by atoms with van der Waals surface area (Å²) in [5, 5.41) is 0. The summed E-state index contributed by atoms with van der Waals surface area (Å²) in [5.74, 6) is 0.581. The maximum atomic E-state index is 10.1. The fourth-order valence-corrected chi connectivity index (χ4v) is 0.978. The third-order valence-corrected chi connectivity index (χ3v) is 1.52. The Balaban J connectivity index is 2.99. The Hall–Kier alpha value is -1.51. The molecule has 12 heavy (non-hydrogen) atoms. The van der Waals surface area contributed by atoms with Crippen molar-refractivity contribution in [3.63, 3.8) is 0 Å². The van der Waals surface area contributed by atoms with Crippen molar-refractivity contribution in [3.05, 3.63) is 24.3 Å². The maximum Gasteiger partial charge on any atom is 0.298 e. The van der Waals surface area contributed by atoms with E-state index in [4.69, 9.17) is 4.74 Å². The van der Waals surface area contributed by atoms with Crippen LogP contribution in [0.5, 0.6) is 5.75 Å². The third-order valence-electron chi connectivity index (χ3n) is 1.52. The Morgan fingerprint density at radius 1 is 1.33 bits per heavy atom. The highest BCUT2D eigenvalue weighted by atomic mass is 16.5. The molecule has 0 spiro atoms. The van der Waals surface area contributed by atoms with Gasteiger partial charge < -0.3 is 9.64 Å². The molecule has 0 amide bonds. The van der Waals surface area contributed by atoms with Gasteiger partial charge in [-0.3, -0.25) is 4.79 Å². The van der Waals surface area contributed by atoms with Crippen molar-refractivity contribution in [2.75, 3.05) is 19.0 Å². The number of nitrogens with zero attached hydrogens (tertiary/aromatic N) is 1. The van der Waals surface area contributed by atoms with Crippen molar-refractivity contribution in [1.82, 2.24) is 0 Å². The molecule has 0 unspecified atom stereocenters. The molecular weight excluding hydrogens is 154 g/mol. The SMILES string of the molecule is CN(C)c1ccccc1OC=O. The van der Waals surface area contributed by atoms with E-state index in [9.17, 15) is 4.79 Å². The van der Waals surface area contributed by atoms with Crippen molar-refractivity contribution in [2.45, 2.75) is 0 Å². The molecule has 1 aromatic carbocycles. The molecule has 0 heterocycles. The van der Waals surface area contributed by atoms with Crippen LogP contribution in [0.1, 0.15) is 0 Å². The van der Waals surface area contributed by atoms with E-state index < -0.39 is 0 Å². The van der Waals surface area contributed by atoms with Crippen molar-refractivity contribution < 1.29 is 9.53 Å². The van der Waals surface area contributed by atoms with Gasteiger partial charge in [-0.1, -0.05) is 12.1 Å². The van der Waals surface area contributed by atoms with Crippen molar-refractivity contribution in [3.8, 4) is 5.75 Å². The number of benzene rings is 1. The fraction of sp³-hybridized carbons (Fsp3) is 0.222. The molecule has 1 rings (SSSR count). The van der Waals surface area contributed by atoms with E-state index in [1.165, 1.54) is 0 Å². The van der Waals surface area contributed by atoms with Gasteiger partial charge in [0.1, 0.15) is 0 Å². The van der Waals surface area contributed by atoms with E-state index in [-0.39, 0.29) is 0 Å². The molecule has 3 heteroatoms. The lowest BCUT2D eigenvalue weighted by Crippen LogP contribution is -2.10. The van der Waals surface area contributed by atoms with Gasteiger partial charge in [0, 0.05) is 14.1 Å². The second-order valence-electron chi connectivity index (χ2n) is 2.58. The monoisotopic (exact) mass is 165 g/mol. The summed E-state index contributed by atoms with van der Waals surface area (Å²) in [4.78, 5) is 12.0. The Morgan fingerprint density at radius 3 is 2.58 bits per heavy atom. The van der Waals surface area contributed by atoms with Gasteiger partial charge in [0.05, 0.1) is 5.69 Å². The molecule has 64 valence electrons. The van der Waals surface area contributed by atoms with Gasteiger partial charge in [-0.05, 0) is 12.1 Å². The van der Waals surface area contributed by atoms with Crippen LogP contribution >= 0.6 is 0 Å². The molecule has 0 aliphatic rings. The highest BCUT2D eigenvalue weighted by Gasteiger charge is 2.02. The first-order valence-electron chi connectivity index (χ1n) is 3.62. The predicted octanol–water partition coefficient (Wildman–Crippen LogP) is 1.29. The maximum absolute atomic E-state index is 10.1. The quantitative estimate of drug-likeness (QED) is 0.632. The van der Waals surface area contributed by atoms with E-state index in [2.05, 4.69) is 0 Å². The van der Waals surface area contributed by atoms with Gasteiger partial charge in [-0.15, -0.1) is 0 Å². The van der Waals surface area contributed by atoms with E-state index in [0.717, 1.165) is 5.69 Å². The predicted molar refractivity (Wildman–Crippen MR) is 47.5 cm³/mol. The Kier molecular flexibility index (Phi) is 2.69. The number of ether oxygens (including phenoxy) is 1. The van der Waals surface area contributed by atoms with Crippen molar-refractivity contribution >= 4 is 12.2 Å². The number of carbonyl (C=O) groups is 1. The summed E-state index contributed by atoms with van der Waals surface area (Å²) in [6, 6.07) is 7.36. The Bertz CT molecular complexity index is 271. The lowest BCUT2D eigenvalue weighted by molar-refractivity contribution is -0.120. The summed E-state index contributed by atoms with van der Waals surface area (Å²) in [5.41, 5.74) is 0.893. The van der Waals surface area contributed by atoms with Crippen molar-refractivity contribution in [2.24, 2.45) is 0 Å². The average molecular weight is 165 g/mol. The lowest BCUT2D eigenvalue weighted by atomic mass is 10.3. The highest BCUT2D eigenvalue weighted by molar-refractivity contribution is 5.61. The van der Waals surface area contributed by atoms with Gasteiger partial charge in [-0.25, -0.2) is 0 Å². The van der Waals surface area contributed by atoms with Crippen LogP contribution in [0.2, 0.25) is 0 Å². The fourth-order valence-electron chi connectivity index (χ4n) is 0.978. The zero-order valence-corrected chi connectivity index (χ0v) is 7.15. The van der Waals surface area contributed by atoms with Crippen LogP contribution in [0.4, 0.5) is 5.69 Å². The molecule has 0 aromatic heterocycles. The largest absolute Gasteiger partial charge is 0.427 e. The minimum absolute atomic E-state index is 0.433. The van der Waals surface area contributed by atoms with Crippen LogP contribution < -0.4 is 9.64 Å². The smallest absolute Gasteiger partial charge is 0.298 e. The van der Waals surface area contributed by atoms with Gasteiger partial charge in [-0.2, -0.15) is 0 Å². The summed E-state index contributed by atoms with van der Waals surface area (Å²) in [7, 11) is 3.79. The first-order chi connectivity index (χ1) is 5.75. The molecule has 3 nitrogen and oxygen atoms in total. The molecule has 0 atom stereocenters. The lowest BCUT2D eigenvalue weighted by Gasteiger charge is -2.14.